The number of piperazine rings is 1. The predicted molar refractivity (Wildman–Crippen MR) is 86.1 cm³/mol. The van der Waals surface area contributed by atoms with E-state index in [0.717, 1.165) is 37.7 Å². The van der Waals surface area contributed by atoms with Gasteiger partial charge in [0, 0.05) is 37.7 Å². The SMILES string of the molecule is CC(C)[C@H](N)C(=O)N1CCN(Cc2cccc(Cl)c2)CC1. The van der Waals surface area contributed by atoms with Crippen molar-refractivity contribution in [3.63, 3.8) is 0 Å². The van der Waals surface area contributed by atoms with Crippen LogP contribution in [0.15, 0.2) is 24.3 Å². The predicted octanol–water partition coefficient (Wildman–Crippen LogP) is 1.97. The number of carbonyl (C=O) groups excluding carboxylic acids is 1. The molecule has 0 spiro atoms. The first-order valence-electron chi connectivity index (χ1n) is 7.48. The van der Waals surface area contributed by atoms with Gasteiger partial charge in [-0.1, -0.05) is 37.6 Å². The maximum absolute atomic E-state index is 12.2. The molecule has 2 rings (SSSR count). The molecule has 116 valence electrons. The first kappa shape index (κ1) is 16.3. The largest absolute Gasteiger partial charge is 0.339 e. The van der Waals surface area contributed by atoms with E-state index in [1.807, 2.05) is 36.9 Å². The molecule has 1 aliphatic heterocycles. The third kappa shape index (κ3) is 4.43. The van der Waals surface area contributed by atoms with E-state index in [-0.39, 0.29) is 17.9 Å². The highest BCUT2D eigenvalue weighted by molar-refractivity contribution is 6.30. The van der Waals surface area contributed by atoms with Crippen molar-refractivity contribution < 1.29 is 4.79 Å². The van der Waals surface area contributed by atoms with Crippen LogP contribution in [-0.4, -0.2) is 47.9 Å². The lowest BCUT2D eigenvalue weighted by Gasteiger charge is -2.36. The minimum absolute atomic E-state index is 0.0763. The smallest absolute Gasteiger partial charge is 0.239 e. The third-order valence-corrected chi connectivity index (χ3v) is 4.22. The Morgan fingerprint density at radius 1 is 1.29 bits per heavy atom. The minimum Gasteiger partial charge on any atom is -0.339 e. The molecule has 1 aromatic rings. The van der Waals surface area contributed by atoms with Crippen LogP contribution >= 0.6 is 11.6 Å². The second kappa shape index (κ2) is 7.25. The highest BCUT2D eigenvalue weighted by atomic mass is 35.5. The molecule has 0 aliphatic carbocycles. The molecule has 21 heavy (non-hydrogen) atoms. The normalized spacial score (nSPS) is 18.0. The van der Waals surface area contributed by atoms with Gasteiger partial charge in [-0.25, -0.2) is 0 Å². The molecule has 0 radical (unpaired) electrons. The van der Waals surface area contributed by atoms with Crippen LogP contribution in [-0.2, 0) is 11.3 Å². The van der Waals surface area contributed by atoms with Gasteiger partial charge < -0.3 is 10.6 Å². The summed E-state index contributed by atoms with van der Waals surface area (Å²) in [4.78, 5) is 16.4. The Hall–Kier alpha value is -1.10. The van der Waals surface area contributed by atoms with Crippen molar-refractivity contribution in [1.29, 1.82) is 0 Å². The number of carbonyl (C=O) groups is 1. The fourth-order valence-electron chi connectivity index (χ4n) is 2.52. The average Bonchev–Trinajstić information content (AvgIpc) is 2.46. The van der Waals surface area contributed by atoms with Crippen LogP contribution in [0.25, 0.3) is 0 Å². The third-order valence-electron chi connectivity index (χ3n) is 3.98. The summed E-state index contributed by atoms with van der Waals surface area (Å²) in [5.74, 6) is 0.259. The zero-order valence-corrected chi connectivity index (χ0v) is 13.5. The number of hydrogen-bond acceptors (Lipinski definition) is 3. The van der Waals surface area contributed by atoms with Gasteiger partial charge in [0.25, 0.3) is 0 Å². The Balaban J connectivity index is 1.84. The molecule has 2 N–H and O–H groups in total. The molecule has 1 fully saturated rings. The maximum Gasteiger partial charge on any atom is 0.239 e. The van der Waals surface area contributed by atoms with E-state index in [1.54, 1.807) is 0 Å². The second-order valence-corrected chi connectivity index (χ2v) is 6.44. The quantitative estimate of drug-likeness (QED) is 0.925. The highest BCUT2D eigenvalue weighted by Gasteiger charge is 2.26. The molecule has 5 heteroatoms. The van der Waals surface area contributed by atoms with E-state index in [4.69, 9.17) is 17.3 Å². The van der Waals surface area contributed by atoms with E-state index in [0.29, 0.717) is 0 Å². The van der Waals surface area contributed by atoms with E-state index in [1.165, 1.54) is 5.56 Å². The van der Waals surface area contributed by atoms with Gasteiger partial charge in [-0.2, -0.15) is 0 Å². The maximum atomic E-state index is 12.2. The molecule has 1 amide bonds. The summed E-state index contributed by atoms with van der Waals surface area (Å²) in [6.45, 7) is 8.10. The zero-order valence-electron chi connectivity index (χ0n) is 12.8. The Morgan fingerprint density at radius 3 is 2.52 bits per heavy atom. The fraction of sp³-hybridized carbons (Fsp3) is 0.562. The summed E-state index contributed by atoms with van der Waals surface area (Å²) in [6, 6.07) is 7.55. The van der Waals surface area contributed by atoms with Crippen LogP contribution in [0, 0.1) is 5.92 Å². The van der Waals surface area contributed by atoms with Crippen LogP contribution in [0.3, 0.4) is 0 Å². The van der Waals surface area contributed by atoms with Gasteiger partial charge in [-0.15, -0.1) is 0 Å². The first-order valence-corrected chi connectivity index (χ1v) is 7.86. The van der Waals surface area contributed by atoms with Crippen LogP contribution in [0.5, 0.6) is 0 Å². The van der Waals surface area contributed by atoms with Crippen molar-refractivity contribution in [2.75, 3.05) is 26.2 Å². The molecular formula is C16H24ClN3O. The van der Waals surface area contributed by atoms with Crippen LogP contribution in [0.2, 0.25) is 5.02 Å². The summed E-state index contributed by atoms with van der Waals surface area (Å²) in [6.07, 6.45) is 0. The molecule has 0 unspecified atom stereocenters. The Morgan fingerprint density at radius 2 is 1.95 bits per heavy atom. The number of nitrogens with zero attached hydrogens (tertiary/aromatic N) is 2. The van der Waals surface area contributed by atoms with Gasteiger partial charge in [0.1, 0.15) is 0 Å². The topological polar surface area (TPSA) is 49.6 Å². The van der Waals surface area contributed by atoms with Crippen molar-refractivity contribution in [2.24, 2.45) is 11.7 Å². The molecule has 1 heterocycles. The summed E-state index contributed by atoms with van der Waals surface area (Å²) in [5.41, 5.74) is 7.16. The standard InChI is InChI=1S/C16H24ClN3O/c1-12(2)15(18)16(21)20-8-6-19(7-9-20)11-13-4-3-5-14(17)10-13/h3-5,10,12,15H,6-9,11,18H2,1-2H3/t15-/m0/s1. The number of halogens is 1. The summed E-state index contributed by atoms with van der Waals surface area (Å²) in [7, 11) is 0. The van der Waals surface area contributed by atoms with Gasteiger partial charge >= 0.3 is 0 Å². The van der Waals surface area contributed by atoms with Crippen molar-refractivity contribution in [3.05, 3.63) is 34.9 Å². The lowest BCUT2D eigenvalue weighted by atomic mass is 10.0. The van der Waals surface area contributed by atoms with E-state index < -0.39 is 0 Å². The molecule has 1 aliphatic rings. The van der Waals surface area contributed by atoms with Crippen LogP contribution in [0.4, 0.5) is 0 Å². The second-order valence-electron chi connectivity index (χ2n) is 6.00. The number of nitrogens with two attached hydrogens (primary N) is 1. The molecule has 1 aromatic carbocycles. The Labute approximate surface area is 131 Å². The number of amides is 1. The highest BCUT2D eigenvalue weighted by Crippen LogP contribution is 2.14. The molecular weight excluding hydrogens is 286 g/mol. The lowest BCUT2D eigenvalue weighted by molar-refractivity contribution is -0.135. The molecule has 0 aromatic heterocycles. The van der Waals surface area contributed by atoms with Crippen LogP contribution in [0.1, 0.15) is 19.4 Å². The van der Waals surface area contributed by atoms with E-state index >= 15 is 0 Å². The average molecular weight is 310 g/mol. The van der Waals surface area contributed by atoms with Gasteiger partial charge in [0.05, 0.1) is 6.04 Å². The summed E-state index contributed by atoms with van der Waals surface area (Å²) >= 11 is 6.01. The molecule has 4 nitrogen and oxygen atoms in total. The summed E-state index contributed by atoms with van der Waals surface area (Å²) in [5, 5.41) is 0.768. The van der Waals surface area contributed by atoms with Crippen LogP contribution < -0.4 is 5.73 Å². The van der Waals surface area contributed by atoms with Gasteiger partial charge in [0.15, 0.2) is 0 Å². The lowest BCUT2D eigenvalue weighted by Crippen LogP contribution is -2.54. The number of rotatable bonds is 4. The van der Waals surface area contributed by atoms with Crippen molar-refractivity contribution >= 4 is 17.5 Å². The van der Waals surface area contributed by atoms with Gasteiger partial charge in [0.2, 0.25) is 5.91 Å². The Kier molecular flexibility index (Phi) is 5.62. The fourth-order valence-corrected chi connectivity index (χ4v) is 2.73. The Bertz CT molecular complexity index is 484. The molecule has 0 bridgehead atoms. The number of hydrogen-bond donors (Lipinski definition) is 1. The van der Waals surface area contributed by atoms with Crippen molar-refractivity contribution in [1.82, 2.24) is 9.80 Å². The first-order chi connectivity index (χ1) is 9.97. The van der Waals surface area contributed by atoms with Crippen molar-refractivity contribution in [3.8, 4) is 0 Å². The van der Waals surface area contributed by atoms with E-state index in [9.17, 15) is 4.79 Å². The minimum atomic E-state index is -0.385. The zero-order chi connectivity index (χ0) is 15.4. The molecule has 1 atom stereocenters. The van der Waals surface area contributed by atoms with Crippen molar-refractivity contribution in [2.45, 2.75) is 26.4 Å². The molecule has 1 saturated heterocycles. The van der Waals surface area contributed by atoms with E-state index in [2.05, 4.69) is 11.0 Å². The van der Waals surface area contributed by atoms with Gasteiger partial charge in [-0.05, 0) is 23.6 Å². The summed E-state index contributed by atoms with van der Waals surface area (Å²) < 4.78 is 0. The monoisotopic (exact) mass is 309 g/mol. The van der Waals surface area contributed by atoms with Gasteiger partial charge in [-0.3, -0.25) is 9.69 Å². The molecule has 0 saturated carbocycles. The number of benzene rings is 1.